The van der Waals surface area contributed by atoms with Gasteiger partial charge in [-0.25, -0.2) is 0 Å². The van der Waals surface area contributed by atoms with E-state index in [1.807, 2.05) is 30.3 Å². The summed E-state index contributed by atoms with van der Waals surface area (Å²) in [5, 5.41) is 0. The molecule has 1 aromatic rings. The van der Waals surface area contributed by atoms with E-state index in [1.165, 1.54) is 0 Å². The highest BCUT2D eigenvalue weighted by Crippen LogP contribution is 2.06. The minimum Gasteiger partial charge on any atom is -0.490 e. The van der Waals surface area contributed by atoms with Crippen LogP contribution in [-0.4, -0.2) is 23.1 Å². The van der Waals surface area contributed by atoms with Gasteiger partial charge in [0.2, 0.25) is 0 Å². The van der Waals surface area contributed by atoms with E-state index in [9.17, 15) is 0 Å². The summed E-state index contributed by atoms with van der Waals surface area (Å²) >= 11 is 0. The van der Waals surface area contributed by atoms with E-state index in [-0.39, 0.29) is 23.1 Å². The molecule has 0 N–H and O–H groups in total. The van der Waals surface area contributed by atoms with E-state index >= 15 is 0 Å². The monoisotopic (exact) mass is 133 g/mol. The normalized spacial score (nSPS) is 7.67. The van der Waals surface area contributed by atoms with Gasteiger partial charge in [-0.05, 0) is 12.1 Å². The lowest BCUT2D eigenvalue weighted by Crippen LogP contribution is -1.74. The number of para-hydroxylation sites is 1. The molecule has 0 aliphatic heterocycles. The molecule has 0 saturated heterocycles. The molecule has 0 bridgehead atoms. The average molecular weight is 133 g/mol. The van der Waals surface area contributed by atoms with Crippen molar-refractivity contribution in [2.45, 2.75) is 0 Å². The van der Waals surface area contributed by atoms with Crippen LogP contribution in [0.1, 0.15) is 0 Å². The van der Waals surface area contributed by atoms with Gasteiger partial charge in [0.25, 0.3) is 0 Å². The van der Waals surface area contributed by atoms with Gasteiger partial charge < -0.3 is 4.74 Å². The lowest BCUT2D eigenvalue weighted by molar-refractivity contribution is 0.473. The molecule has 0 unspecified atom stereocenters. The van der Waals surface area contributed by atoms with Crippen LogP contribution in [0.5, 0.6) is 5.75 Å². The largest absolute Gasteiger partial charge is 0.490 e. The predicted octanol–water partition coefficient (Wildman–Crippen LogP) is 0.941. The summed E-state index contributed by atoms with van der Waals surface area (Å²) in [6, 6.07) is 9.45. The van der Waals surface area contributed by atoms with Crippen LogP contribution in [0.3, 0.4) is 0 Å². The van der Waals surface area contributed by atoms with E-state index < -0.39 is 0 Å². The van der Waals surface area contributed by atoms with E-state index in [0.29, 0.717) is 0 Å². The zero-order valence-electron chi connectivity index (χ0n) is 4.50. The topological polar surface area (TPSA) is 9.23 Å². The van der Waals surface area contributed by atoms with Crippen molar-refractivity contribution in [3.63, 3.8) is 0 Å². The van der Waals surface area contributed by atoms with Gasteiger partial charge in [-0.2, -0.15) is 0 Å². The van der Waals surface area contributed by atoms with Gasteiger partial charge in [-0.1, -0.05) is 18.2 Å². The number of rotatable bonds is 1. The number of hydrogen-bond acceptors (Lipinski definition) is 1. The predicted molar refractivity (Wildman–Crippen MR) is 41.0 cm³/mol. The third-order valence-electron chi connectivity index (χ3n) is 0.910. The number of ether oxygens (including phenoxy) is 1. The number of benzene rings is 1. The SMILES string of the molecule is [CH2]Oc1ccccc1.[MgH2]. The lowest BCUT2D eigenvalue weighted by Gasteiger charge is -1.93. The van der Waals surface area contributed by atoms with E-state index in [2.05, 4.69) is 11.8 Å². The van der Waals surface area contributed by atoms with Crippen LogP contribution >= 0.6 is 0 Å². The van der Waals surface area contributed by atoms with Crippen LogP contribution in [0, 0.1) is 7.11 Å². The molecule has 45 valence electrons. The molecule has 0 saturated carbocycles. The van der Waals surface area contributed by atoms with Crippen molar-refractivity contribution >= 4 is 23.1 Å². The van der Waals surface area contributed by atoms with E-state index in [0.717, 1.165) is 5.75 Å². The molecule has 1 radical (unpaired) electrons. The zero-order valence-corrected chi connectivity index (χ0v) is 4.50. The maximum absolute atomic E-state index is 4.66. The summed E-state index contributed by atoms with van der Waals surface area (Å²) in [4.78, 5) is 0. The van der Waals surface area contributed by atoms with Crippen LogP contribution in [0.2, 0.25) is 0 Å². The van der Waals surface area contributed by atoms with Crippen molar-refractivity contribution in [3.05, 3.63) is 37.4 Å². The third kappa shape index (κ3) is 2.72. The molecule has 0 aromatic heterocycles. The van der Waals surface area contributed by atoms with Crippen LogP contribution in [0.4, 0.5) is 0 Å². The molecular formula is C7H9MgO. The highest BCUT2D eigenvalue weighted by molar-refractivity contribution is 5.75. The quantitative estimate of drug-likeness (QED) is 0.518. The van der Waals surface area contributed by atoms with Crippen LogP contribution in [-0.2, 0) is 0 Å². The van der Waals surface area contributed by atoms with Crippen molar-refractivity contribution in [1.82, 2.24) is 0 Å². The van der Waals surface area contributed by atoms with Gasteiger partial charge >= 0.3 is 23.1 Å². The summed E-state index contributed by atoms with van der Waals surface area (Å²) in [7, 11) is 3.26. The molecule has 0 amide bonds. The molecule has 1 rings (SSSR count). The molecule has 0 aliphatic carbocycles. The molecule has 0 fully saturated rings. The minimum atomic E-state index is 0. The Morgan fingerprint density at radius 3 is 2.00 bits per heavy atom. The molecule has 0 spiro atoms. The Hall–Kier alpha value is -0.214. The zero-order chi connectivity index (χ0) is 5.82. The maximum Gasteiger partial charge on any atom is 0.316 e. The van der Waals surface area contributed by atoms with Crippen LogP contribution in [0.25, 0.3) is 0 Å². The molecule has 0 aliphatic rings. The van der Waals surface area contributed by atoms with Crippen molar-refractivity contribution in [2.24, 2.45) is 0 Å². The van der Waals surface area contributed by atoms with Crippen molar-refractivity contribution in [1.29, 1.82) is 0 Å². The van der Waals surface area contributed by atoms with Crippen molar-refractivity contribution in [3.8, 4) is 5.75 Å². The summed E-state index contributed by atoms with van der Waals surface area (Å²) in [5.74, 6) is 0.799. The molecule has 1 aromatic carbocycles. The van der Waals surface area contributed by atoms with Gasteiger partial charge in [0.15, 0.2) is 0 Å². The first kappa shape index (κ1) is 8.79. The Kier molecular flexibility index (Phi) is 4.53. The Bertz CT molecular complexity index is 150. The lowest BCUT2D eigenvalue weighted by atomic mass is 10.3. The highest BCUT2D eigenvalue weighted by Gasteiger charge is 1.80. The second-order valence-corrected chi connectivity index (χ2v) is 1.46. The van der Waals surface area contributed by atoms with Crippen molar-refractivity contribution < 1.29 is 4.74 Å². The van der Waals surface area contributed by atoms with Gasteiger partial charge in [-0.3, -0.25) is 0 Å². The first-order valence-corrected chi connectivity index (χ1v) is 2.40. The fourth-order valence-electron chi connectivity index (χ4n) is 0.517. The molecular weight excluding hydrogens is 124 g/mol. The fourth-order valence-corrected chi connectivity index (χ4v) is 0.517. The molecule has 9 heavy (non-hydrogen) atoms. The third-order valence-corrected chi connectivity index (χ3v) is 0.910. The molecule has 0 atom stereocenters. The maximum atomic E-state index is 4.66. The molecule has 1 nitrogen and oxygen atoms in total. The van der Waals surface area contributed by atoms with Crippen LogP contribution in [0.15, 0.2) is 30.3 Å². The van der Waals surface area contributed by atoms with E-state index in [1.54, 1.807) is 0 Å². The minimum absolute atomic E-state index is 0. The van der Waals surface area contributed by atoms with Gasteiger partial charge in [0.1, 0.15) is 12.9 Å². The smallest absolute Gasteiger partial charge is 0.316 e. The van der Waals surface area contributed by atoms with Crippen molar-refractivity contribution in [2.75, 3.05) is 0 Å². The first-order valence-electron chi connectivity index (χ1n) is 2.40. The van der Waals surface area contributed by atoms with Gasteiger partial charge in [0.05, 0.1) is 0 Å². The summed E-state index contributed by atoms with van der Waals surface area (Å²) < 4.78 is 4.66. The second-order valence-electron chi connectivity index (χ2n) is 1.46. The standard InChI is InChI=1S/C7H7O.Mg.2H/c1-8-7-5-3-2-4-6-7;;;/h2-6H,1H2;;;. The summed E-state index contributed by atoms with van der Waals surface area (Å²) in [6.07, 6.45) is 0. The molecule has 2 heteroatoms. The Labute approximate surface area is 71.2 Å². The Morgan fingerprint density at radius 2 is 1.67 bits per heavy atom. The van der Waals surface area contributed by atoms with Crippen LogP contribution < -0.4 is 4.74 Å². The molecule has 0 heterocycles. The highest BCUT2D eigenvalue weighted by atomic mass is 24.3. The Balaban J connectivity index is 0.000000640. The first-order chi connectivity index (χ1) is 3.93. The summed E-state index contributed by atoms with van der Waals surface area (Å²) in [5.41, 5.74) is 0. The average Bonchev–Trinajstić information content (AvgIpc) is 1.90. The Morgan fingerprint density at radius 1 is 1.11 bits per heavy atom. The second kappa shape index (κ2) is 4.64. The summed E-state index contributed by atoms with van der Waals surface area (Å²) in [6.45, 7) is 0. The van der Waals surface area contributed by atoms with E-state index in [4.69, 9.17) is 0 Å². The van der Waals surface area contributed by atoms with Gasteiger partial charge in [0, 0.05) is 0 Å². The van der Waals surface area contributed by atoms with Gasteiger partial charge in [-0.15, -0.1) is 0 Å². The fraction of sp³-hybridized carbons (Fsp3) is 0. The number of hydrogen-bond donors (Lipinski definition) is 0.